The average Bonchev–Trinajstić information content (AvgIpc) is 2.70. The van der Waals surface area contributed by atoms with Crippen LogP contribution in [0.4, 0.5) is 0 Å². The predicted molar refractivity (Wildman–Crippen MR) is 107 cm³/mol. The molecule has 2 atom stereocenters. The summed E-state index contributed by atoms with van der Waals surface area (Å²) in [6.07, 6.45) is 3.22. The number of hydrogen-bond donors (Lipinski definition) is 2. The zero-order valence-electron chi connectivity index (χ0n) is 18.1. The number of nitrogens with zero attached hydrogens (tertiary/aromatic N) is 2. The summed E-state index contributed by atoms with van der Waals surface area (Å²) in [6.45, 7) is 10.3. The highest BCUT2D eigenvalue weighted by Gasteiger charge is 2.33. The van der Waals surface area contributed by atoms with Gasteiger partial charge in [-0.25, -0.2) is 0 Å². The monoisotopic (exact) mass is 404 g/mol. The van der Waals surface area contributed by atoms with Crippen molar-refractivity contribution in [3.05, 3.63) is 0 Å². The van der Waals surface area contributed by atoms with Gasteiger partial charge in [-0.1, -0.05) is 53.4 Å². The highest BCUT2D eigenvalue weighted by molar-refractivity contribution is 6.39. The Kier molecular flexibility index (Phi) is 16.5. The standard InChI is InChI=1S/C20H40N2O6/c1-5-9-13-21(14-10-6-2)27-19(25)17(23)18(24)20(26)28-22(15-11-7-3)16-12-8-4/h19-20,25-26H,5-16H2,1-4H3. The Morgan fingerprint density at radius 2 is 0.893 bits per heavy atom. The third-order valence-electron chi connectivity index (χ3n) is 4.23. The molecule has 8 nitrogen and oxygen atoms in total. The summed E-state index contributed by atoms with van der Waals surface area (Å²) in [5.74, 6) is -2.42. The Bertz CT molecular complexity index is 368. The Labute approximate surface area is 169 Å². The summed E-state index contributed by atoms with van der Waals surface area (Å²) in [5, 5.41) is 23.0. The molecule has 0 saturated heterocycles. The molecule has 2 N–H and O–H groups in total. The van der Waals surface area contributed by atoms with Crippen LogP contribution in [0.3, 0.4) is 0 Å². The number of aliphatic hydroxyl groups excluding tert-OH is 2. The van der Waals surface area contributed by atoms with Crippen LogP contribution in [0.5, 0.6) is 0 Å². The van der Waals surface area contributed by atoms with Crippen LogP contribution in [0.1, 0.15) is 79.1 Å². The second-order valence-electron chi connectivity index (χ2n) is 6.92. The van der Waals surface area contributed by atoms with Crippen molar-refractivity contribution in [2.75, 3.05) is 26.2 Å². The molecule has 0 rings (SSSR count). The van der Waals surface area contributed by atoms with Crippen LogP contribution in [0, 0.1) is 0 Å². The van der Waals surface area contributed by atoms with E-state index in [0.717, 1.165) is 51.4 Å². The maximum absolute atomic E-state index is 12.2. The number of unbranched alkanes of at least 4 members (excludes halogenated alkanes) is 4. The van der Waals surface area contributed by atoms with Gasteiger partial charge < -0.3 is 10.2 Å². The number of Topliss-reactive ketones (excluding diaryl/α,β-unsaturated/α-hetero) is 2. The van der Waals surface area contributed by atoms with E-state index in [1.165, 1.54) is 10.1 Å². The van der Waals surface area contributed by atoms with Crippen molar-refractivity contribution in [2.24, 2.45) is 0 Å². The minimum absolute atomic E-state index is 0.551. The molecule has 0 aromatic rings. The third-order valence-corrected chi connectivity index (χ3v) is 4.23. The van der Waals surface area contributed by atoms with Crippen LogP contribution in [0.2, 0.25) is 0 Å². The number of ketones is 2. The second-order valence-corrected chi connectivity index (χ2v) is 6.92. The molecule has 0 saturated carbocycles. The Hall–Kier alpha value is -0.900. The highest BCUT2D eigenvalue weighted by atomic mass is 16.8. The largest absolute Gasteiger partial charge is 0.360 e. The van der Waals surface area contributed by atoms with Gasteiger partial charge in [-0.05, 0) is 25.7 Å². The third kappa shape index (κ3) is 11.8. The molecule has 166 valence electrons. The number of hydroxylamine groups is 4. The van der Waals surface area contributed by atoms with E-state index in [4.69, 9.17) is 9.68 Å². The van der Waals surface area contributed by atoms with Gasteiger partial charge >= 0.3 is 0 Å². The van der Waals surface area contributed by atoms with Crippen molar-refractivity contribution in [2.45, 2.75) is 91.6 Å². The zero-order valence-corrected chi connectivity index (χ0v) is 18.1. The molecule has 0 fully saturated rings. The number of rotatable bonds is 19. The van der Waals surface area contributed by atoms with Gasteiger partial charge in [0.15, 0.2) is 0 Å². The fourth-order valence-electron chi connectivity index (χ4n) is 2.39. The maximum atomic E-state index is 12.2. The van der Waals surface area contributed by atoms with Gasteiger partial charge in [0.05, 0.1) is 0 Å². The molecule has 2 unspecified atom stereocenters. The van der Waals surface area contributed by atoms with Gasteiger partial charge in [0.2, 0.25) is 12.6 Å². The van der Waals surface area contributed by atoms with Crippen molar-refractivity contribution < 1.29 is 29.5 Å². The molecule has 8 heteroatoms. The smallest absolute Gasteiger partial charge is 0.261 e. The molecule has 0 spiro atoms. The molecule has 0 bridgehead atoms. The van der Waals surface area contributed by atoms with Crippen molar-refractivity contribution in [1.29, 1.82) is 0 Å². The molecule has 0 heterocycles. The van der Waals surface area contributed by atoms with E-state index in [1.807, 2.05) is 27.7 Å². The topological polar surface area (TPSA) is 99.5 Å². The molecule has 0 aliphatic heterocycles. The lowest BCUT2D eigenvalue weighted by Gasteiger charge is -2.25. The van der Waals surface area contributed by atoms with Gasteiger partial charge in [-0.2, -0.15) is 10.1 Å². The first-order valence-electron chi connectivity index (χ1n) is 10.7. The van der Waals surface area contributed by atoms with Crippen LogP contribution >= 0.6 is 0 Å². The predicted octanol–water partition coefficient (Wildman–Crippen LogP) is 2.43. The Morgan fingerprint density at radius 3 is 1.11 bits per heavy atom. The van der Waals surface area contributed by atoms with Crippen molar-refractivity contribution in [3.63, 3.8) is 0 Å². The number of carbonyl (C=O) groups is 2. The minimum atomic E-state index is -1.95. The summed E-state index contributed by atoms with van der Waals surface area (Å²) in [4.78, 5) is 34.9. The number of aliphatic hydroxyl groups is 2. The van der Waals surface area contributed by atoms with E-state index in [1.54, 1.807) is 0 Å². The molecule has 0 radical (unpaired) electrons. The molecular formula is C20H40N2O6. The van der Waals surface area contributed by atoms with Crippen molar-refractivity contribution >= 4 is 11.6 Å². The van der Waals surface area contributed by atoms with E-state index < -0.39 is 24.1 Å². The van der Waals surface area contributed by atoms with E-state index in [-0.39, 0.29) is 0 Å². The van der Waals surface area contributed by atoms with Crippen LogP contribution in [0.15, 0.2) is 0 Å². The van der Waals surface area contributed by atoms with E-state index in [2.05, 4.69) is 0 Å². The first kappa shape index (κ1) is 27.1. The van der Waals surface area contributed by atoms with Crippen LogP contribution in [-0.2, 0) is 19.3 Å². The summed E-state index contributed by atoms with van der Waals surface area (Å²) < 4.78 is 0. The molecule has 0 aromatic carbocycles. The summed E-state index contributed by atoms with van der Waals surface area (Å²) in [7, 11) is 0. The van der Waals surface area contributed by atoms with Gasteiger partial charge in [0, 0.05) is 26.2 Å². The lowest BCUT2D eigenvalue weighted by molar-refractivity contribution is -0.265. The van der Waals surface area contributed by atoms with Crippen molar-refractivity contribution in [3.8, 4) is 0 Å². The lowest BCUT2D eigenvalue weighted by Crippen LogP contribution is -2.45. The summed E-state index contributed by atoms with van der Waals surface area (Å²) in [5.41, 5.74) is 0. The van der Waals surface area contributed by atoms with Gasteiger partial charge in [0.1, 0.15) is 0 Å². The minimum Gasteiger partial charge on any atom is -0.360 e. The van der Waals surface area contributed by atoms with Gasteiger partial charge in [0.25, 0.3) is 11.6 Å². The normalized spacial score (nSPS) is 13.9. The molecule has 28 heavy (non-hydrogen) atoms. The molecule has 0 aliphatic carbocycles. The Morgan fingerprint density at radius 1 is 0.643 bits per heavy atom. The first-order chi connectivity index (χ1) is 13.4. The molecule has 0 aromatic heterocycles. The molecule has 0 aliphatic rings. The zero-order chi connectivity index (χ0) is 21.4. The number of carbonyl (C=O) groups excluding carboxylic acids is 2. The second kappa shape index (κ2) is 17.0. The SMILES string of the molecule is CCCCN(CCCC)OC(O)C(=O)C(=O)C(O)ON(CCCC)CCCC. The number of hydrogen-bond acceptors (Lipinski definition) is 8. The van der Waals surface area contributed by atoms with Crippen molar-refractivity contribution in [1.82, 2.24) is 10.1 Å². The Balaban J connectivity index is 4.72. The summed E-state index contributed by atoms with van der Waals surface area (Å²) in [6, 6.07) is 0. The lowest BCUT2D eigenvalue weighted by atomic mass is 10.2. The molecule has 0 amide bonds. The van der Waals surface area contributed by atoms with E-state index in [9.17, 15) is 19.8 Å². The maximum Gasteiger partial charge on any atom is 0.261 e. The van der Waals surface area contributed by atoms with Crippen LogP contribution in [0.25, 0.3) is 0 Å². The first-order valence-corrected chi connectivity index (χ1v) is 10.7. The van der Waals surface area contributed by atoms with Gasteiger partial charge in [-0.3, -0.25) is 19.3 Å². The van der Waals surface area contributed by atoms with Crippen LogP contribution in [-0.4, -0.2) is 70.7 Å². The van der Waals surface area contributed by atoms with Crippen LogP contribution < -0.4 is 0 Å². The molecular weight excluding hydrogens is 364 g/mol. The quantitative estimate of drug-likeness (QED) is 0.192. The van der Waals surface area contributed by atoms with Gasteiger partial charge in [-0.15, -0.1) is 0 Å². The average molecular weight is 405 g/mol. The van der Waals surface area contributed by atoms with E-state index >= 15 is 0 Å². The fourth-order valence-corrected chi connectivity index (χ4v) is 2.39. The fraction of sp³-hybridized carbons (Fsp3) is 0.900. The summed E-state index contributed by atoms with van der Waals surface area (Å²) >= 11 is 0. The highest BCUT2D eigenvalue weighted by Crippen LogP contribution is 2.07. The van der Waals surface area contributed by atoms with E-state index in [0.29, 0.717) is 26.2 Å².